The molecule has 3 aromatic carbocycles. The van der Waals surface area contributed by atoms with E-state index in [1.165, 1.54) is 6.42 Å². The normalized spacial score (nSPS) is 13.1. The number of ether oxygens (including phenoxy) is 3. The van der Waals surface area contributed by atoms with Gasteiger partial charge in [0.05, 0.1) is 23.4 Å². The third-order valence-electron chi connectivity index (χ3n) is 6.70. The summed E-state index contributed by atoms with van der Waals surface area (Å²) in [5.41, 5.74) is 5.01. The number of amides is 1. The molecule has 37 heavy (non-hydrogen) atoms. The lowest BCUT2D eigenvalue weighted by molar-refractivity contribution is 0.146. The highest BCUT2D eigenvalue weighted by molar-refractivity contribution is 5.96. The van der Waals surface area contributed by atoms with Gasteiger partial charge in [0.25, 0.3) is 0 Å². The molecule has 5 rings (SSSR count). The van der Waals surface area contributed by atoms with Crippen molar-refractivity contribution in [3.63, 3.8) is 0 Å². The van der Waals surface area contributed by atoms with Crippen LogP contribution in [0.4, 0.5) is 10.5 Å². The van der Waals surface area contributed by atoms with E-state index in [9.17, 15) is 10.1 Å². The maximum absolute atomic E-state index is 12.3. The molecule has 1 aliphatic rings. The van der Waals surface area contributed by atoms with Crippen LogP contribution >= 0.6 is 0 Å². The van der Waals surface area contributed by atoms with Crippen LogP contribution in [0, 0.1) is 11.3 Å². The topological polar surface area (TPSA) is 85.5 Å². The summed E-state index contributed by atoms with van der Waals surface area (Å²) < 4.78 is 18.6. The Bertz CT molecular complexity index is 1420. The number of nitrogens with zero attached hydrogens (tertiary/aromatic N) is 2. The van der Waals surface area contributed by atoms with Crippen LogP contribution in [0.2, 0.25) is 0 Å². The van der Waals surface area contributed by atoms with Crippen LogP contribution < -0.4 is 10.1 Å². The van der Waals surface area contributed by atoms with E-state index in [1.807, 2.05) is 72.8 Å². The van der Waals surface area contributed by atoms with E-state index < -0.39 is 6.09 Å². The third kappa shape index (κ3) is 5.30. The summed E-state index contributed by atoms with van der Waals surface area (Å²) in [6.07, 6.45) is 2.80. The van der Waals surface area contributed by atoms with Crippen LogP contribution in [0.3, 0.4) is 0 Å². The molecular formula is C30H29N3O4. The molecule has 0 aliphatic heterocycles. The lowest BCUT2D eigenvalue weighted by Gasteiger charge is -2.30. The van der Waals surface area contributed by atoms with Gasteiger partial charge in [-0.1, -0.05) is 42.5 Å². The Hall–Kier alpha value is -4.28. The second-order valence-corrected chi connectivity index (χ2v) is 9.07. The zero-order valence-electron chi connectivity index (χ0n) is 20.8. The second kappa shape index (κ2) is 11.2. The fourth-order valence-corrected chi connectivity index (χ4v) is 4.63. The average Bonchev–Trinajstić information content (AvgIpc) is 3.21. The van der Waals surface area contributed by atoms with Crippen LogP contribution in [0.15, 0.2) is 72.8 Å². The monoisotopic (exact) mass is 495 g/mol. The molecule has 0 spiro atoms. The molecule has 0 saturated heterocycles. The number of benzene rings is 3. The van der Waals surface area contributed by atoms with Gasteiger partial charge in [0.1, 0.15) is 25.0 Å². The van der Waals surface area contributed by atoms with Crippen molar-refractivity contribution >= 4 is 22.7 Å². The zero-order chi connectivity index (χ0) is 25.6. The molecular weight excluding hydrogens is 466 g/mol. The van der Waals surface area contributed by atoms with E-state index in [0.717, 1.165) is 46.3 Å². The highest BCUT2D eigenvalue weighted by Crippen LogP contribution is 2.43. The third-order valence-corrected chi connectivity index (χ3v) is 6.70. The van der Waals surface area contributed by atoms with Gasteiger partial charge >= 0.3 is 6.09 Å². The molecule has 1 saturated carbocycles. The molecule has 1 aliphatic carbocycles. The van der Waals surface area contributed by atoms with E-state index in [2.05, 4.69) is 16.0 Å². The van der Waals surface area contributed by atoms with Crippen molar-refractivity contribution in [3.05, 3.63) is 83.9 Å². The minimum Gasteiger partial charge on any atom is -0.491 e. The molecule has 0 radical (unpaired) electrons. The lowest BCUT2D eigenvalue weighted by Crippen LogP contribution is -2.18. The molecule has 4 aromatic rings. The number of methoxy groups -OCH3 is 1. The molecule has 0 atom stereocenters. The molecule has 1 aromatic heterocycles. The van der Waals surface area contributed by atoms with Gasteiger partial charge in [-0.2, -0.15) is 5.26 Å². The quantitative estimate of drug-likeness (QED) is 0.262. The van der Waals surface area contributed by atoms with E-state index >= 15 is 0 Å². The first-order chi connectivity index (χ1) is 18.2. The van der Waals surface area contributed by atoms with Gasteiger partial charge < -0.3 is 18.8 Å². The Kier molecular flexibility index (Phi) is 7.38. The van der Waals surface area contributed by atoms with Crippen molar-refractivity contribution in [2.45, 2.75) is 31.9 Å². The van der Waals surface area contributed by atoms with Gasteiger partial charge in [-0.05, 0) is 54.7 Å². The van der Waals surface area contributed by atoms with Crippen molar-refractivity contribution in [1.82, 2.24) is 4.57 Å². The summed E-state index contributed by atoms with van der Waals surface area (Å²) in [4.78, 5) is 12.3. The number of carbonyl (C=O) groups excluding carboxylic acids is 1. The summed E-state index contributed by atoms with van der Waals surface area (Å²) in [5, 5.41) is 13.8. The molecule has 0 unspecified atom stereocenters. The van der Waals surface area contributed by atoms with Gasteiger partial charge in [0.2, 0.25) is 0 Å². The Labute approximate surface area is 216 Å². The largest absolute Gasteiger partial charge is 0.491 e. The molecule has 1 heterocycles. The van der Waals surface area contributed by atoms with Crippen molar-refractivity contribution < 1.29 is 19.0 Å². The SMILES string of the molecule is COCCOc1ccc2c(C#N)c(-c3ccc(NC(=O)OCc4ccccc4)cc3)n(C3CCC3)c2c1. The Morgan fingerprint density at radius 3 is 2.51 bits per heavy atom. The predicted molar refractivity (Wildman–Crippen MR) is 143 cm³/mol. The molecule has 7 heteroatoms. The Balaban J connectivity index is 1.41. The molecule has 1 fully saturated rings. The van der Waals surface area contributed by atoms with Gasteiger partial charge in [0.15, 0.2) is 0 Å². The first kappa shape index (κ1) is 24.4. The molecule has 0 bridgehead atoms. The lowest BCUT2D eigenvalue weighted by atomic mass is 9.92. The maximum atomic E-state index is 12.3. The minimum atomic E-state index is -0.515. The average molecular weight is 496 g/mol. The van der Waals surface area contributed by atoms with Crippen molar-refractivity contribution in [2.24, 2.45) is 0 Å². The van der Waals surface area contributed by atoms with Crippen LogP contribution in [0.25, 0.3) is 22.2 Å². The standard InChI is InChI=1S/C30H29N3O4/c1-35-16-17-36-25-14-15-26-27(19-31)29(33(28(26)18-25)24-8-5-9-24)22-10-12-23(13-11-22)32-30(34)37-20-21-6-3-2-4-7-21/h2-4,6-7,10-15,18,24H,5,8-9,16-17,20H2,1H3,(H,32,34). The van der Waals surface area contributed by atoms with Crippen LogP contribution in [0.5, 0.6) is 5.75 Å². The molecule has 7 nitrogen and oxygen atoms in total. The first-order valence-corrected chi connectivity index (χ1v) is 12.5. The molecule has 1 amide bonds. The number of aromatic nitrogens is 1. The number of carbonyl (C=O) groups is 1. The number of anilines is 1. The summed E-state index contributed by atoms with van der Waals surface area (Å²) in [6.45, 7) is 1.18. The van der Waals surface area contributed by atoms with Crippen molar-refractivity contribution in [3.8, 4) is 23.1 Å². The predicted octanol–water partition coefficient (Wildman–Crippen LogP) is 6.68. The van der Waals surface area contributed by atoms with Gasteiger partial charge in [-0.3, -0.25) is 5.32 Å². The number of rotatable bonds is 9. The van der Waals surface area contributed by atoms with E-state index in [-0.39, 0.29) is 6.61 Å². The summed E-state index contributed by atoms with van der Waals surface area (Å²) in [7, 11) is 1.65. The van der Waals surface area contributed by atoms with Crippen LogP contribution in [-0.2, 0) is 16.1 Å². The minimum absolute atomic E-state index is 0.203. The first-order valence-electron chi connectivity index (χ1n) is 12.5. The second-order valence-electron chi connectivity index (χ2n) is 9.07. The van der Waals surface area contributed by atoms with Crippen LogP contribution in [-0.4, -0.2) is 31.0 Å². The molecule has 188 valence electrons. The van der Waals surface area contributed by atoms with E-state index in [1.54, 1.807) is 7.11 Å². The number of hydrogen-bond acceptors (Lipinski definition) is 5. The van der Waals surface area contributed by atoms with Crippen molar-refractivity contribution in [2.75, 3.05) is 25.6 Å². The summed E-state index contributed by atoms with van der Waals surface area (Å²) in [5.74, 6) is 0.757. The number of nitrogens with one attached hydrogen (secondary N) is 1. The fourth-order valence-electron chi connectivity index (χ4n) is 4.63. The highest BCUT2D eigenvalue weighted by atomic mass is 16.5. The van der Waals surface area contributed by atoms with Gasteiger partial charge in [-0.15, -0.1) is 0 Å². The van der Waals surface area contributed by atoms with Gasteiger partial charge in [-0.25, -0.2) is 4.79 Å². The summed E-state index contributed by atoms with van der Waals surface area (Å²) >= 11 is 0. The highest BCUT2D eigenvalue weighted by Gasteiger charge is 2.28. The van der Waals surface area contributed by atoms with Gasteiger partial charge in [0, 0.05) is 30.3 Å². The fraction of sp³-hybridized carbons (Fsp3) is 0.267. The summed E-state index contributed by atoms with van der Waals surface area (Å²) in [6, 6.07) is 25.8. The van der Waals surface area contributed by atoms with Crippen molar-refractivity contribution in [1.29, 1.82) is 5.26 Å². The Morgan fingerprint density at radius 1 is 1.05 bits per heavy atom. The van der Waals surface area contributed by atoms with Crippen LogP contribution in [0.1, 0.15) is 36.4 Å². The molecule has 1 N–H and O–H groups in total. The van der Waals surface area contributed by atoms with E-state index in [0.29, 0.717) is 30.5 Å². The van der Waals surface area contributed by atoms with E-state index in [4.69, 9.17) is 14.2 Å². The smallest absolute Gasteiger partial charge is 0.411 e. The Morgan fingerprint density at radius 2 is 1.84 bits per heavy atom. The zero-order valence-corrected chi connectivity index (χ0v) is 20.8. The number of nitriles is 1. The maximum Gasteiger partial charge on any atom is 0.411 e. The number of hydrogen-bond donors (Lipinski definition) is 1. The number of fused-ring (bicyclic) bond motifs is 1.